The molecule has 0 amide bonds. The van der Waals surface area contributed by atoms with Crippen molar-refractivity contribution in [1.29, 1.82) is 0 Å². The summed E-state index contributed by atoms with van der Waals surface area (Å²) in [6.07, 6.45) is 2.78. The Morgan fingerprint density at radius 2 is 1.60 bits per heavy atom. The molecule has 30 heavy (non-hydrogen) atoms. The Hall–Kier alpha value is -2.88. The molecule has 4 nitrogen and oxygen atoms in total. The van der Waals surface area contributed by atoms with Crippen LogP contribution in [-0.2, 0) is 15.0 Å². The van der Waals surface area contributed by atoms with Crippen LogP contribution in [0.25, 0.3) is 21.5 Å². The van der Waals surface area contributed by atoms with Crippen molar-refractivity contribution < 1.29 is 19.4 Å². The zero-order chi connectivity index (χ0) is 21.5. The third kappa shape index (κ3) is 3.67. The smallest absolute Gasteiger partial charge is 0.315 e. The molecule has 156 valence electrons. The third-order valence-corrected chi connectivity index (χ3v) is 6.24. The lowest BCUT2D eigenvalue weighted by atomic mass is 9.79. The second kappa shape index (κ2) is 7.75. The Balaban J connectivity index is 1.89. The molecular weight excluding hydrogens is 376 g/mol. The number of carbonyl (C=O) groups excluding carboxylic acids is 1. The van der Waals surface area contributed by atoms with Crippen molar-refractivity contribution in [2.75, 3.05) is 0 Å². The molecule has 0 radical (unpaired) electrons. The van der Waals surface area contributed by atoms with Gasteiger partial charge in [0, 0.05) is 10.8 Å². The van der Waals surface area contributed by atoms with Gasteiger partial charge in [0.1, 0.15) is 5.75 Å². The van der Waals surface area contributed by atoms with Crippen molar-refractivity contribution in [2.24, 2.45) is 11.8 Å². The standard InChI is InChI=1S/C26H28O4/c1-26(2,3)21-14-8-10-17-15-16-9-4-5-11-18(16)23(22(17)21)30-25(29)20-13-7-6-12-19(20)24(27)28/h4-5,8-11,14-15,19-20H,6-7,12-13H2,1-3H3,(H,27,28). The molecule has 3 aromatic carbocycles. The number of carboxylic acid groups (broad SMARTS) is 1. The van der Waals surface area contributed by atoms with Gasteiger partial charge < -0.3 is 9.84 Å². The Morgan fingerprint density at radius 1 is 0.933 bits per heavy atom. The number of hydrogen-bond acceptors (Lipinski definition) is 3. The molecular formula is C26H28O4. The summed E-state index contributed by atoms with van der Waals surface area (Å²) in [7, 11) is 0. The molecule has 1 fully saturated rings. The SMILES string of the molecule is CC(C)(C)c1cccc2cc3ccccc3c(OC(=O)C3CCCCC3C(=O)O)c12. The quantitative estimate of drug-likeness (QED) is 0.326. The van der Waals surface area contributed by atoms with Crippen molar-refractivity contribution in [3.05, 3.63) is 54.1 Å². The largest absolute Gasteiger partial charge is 0.481 e. The number of fused-ring (bicyclic) bond motifs is 2. The summed E-state index contributed by atoms with van der Waals surface area (Å²) in [6, 6.07) is 16.1. The van der Waals surface area contributed by atoms with Crippen LogP contribution in [-0.4, -0.2) is 17.0 Å². The van der Waals surface area contributed by atoms with Gasteiger partial charge >= 0.3 is 11.9 Å². The number of carbonyl (C=O) groups is 2. The lowest BCUT2D eigenvalue weighted by Gasteiger charge is -2.28. The maximum absolute atomic E-state index is 13.2. The van der Waals surface area contributed by atoms with Crippen molar-refractivity contribution >= 4 is 33.5 Å². The first-order valence-electron chi connectivity index (χ1n) is 10.7. The lowest BCUT2D eigenvalue weighted by molar-refractivity contribution is -0.153. The molecule has 1 saturated carbocycles. The average molecular weight is 405 g/mol. The number of rotatable bonds is 3. The third-order valence-electron chi connectivity index (χ3n) is 6.24. The highest BCUT2D eigenvalue weighted by Crippen LogP contribution is 2.42. The Labute approximate surface area is 176 Å². The highest BCUT2D eigenvalue weighted by atomic mass is 16.5. The van der Waals surface area contributed by atoms with Crippen LogP contribution in [0.15, 0.2) is 48.5 Å². The van der Waals surface area contributed by atoms with Crippen molar-refractivity contribution in [3.63, 3.8) is 0 Å². The minimum absolute atomic E-state index is 0.141. The number of carboxylic acids is 1. The van der Waals surface area contributed by atoms with E-state index < -0.39 is 23.8 Å². The number of benzene rings is 3. The maximum Gasteiger partial charge on any atom is 0.315 e. The van der Waals surface area contributed by atoms with Gasteiger partial charge in [-0.3, -0.25) is 9.59 Å². The van der Waals surface area contributed by atoms with Gasteiger partial charge in [-0.15, -0.1) is 0 Å². The Kier molecular flexibility index (Phi) is 5.27. The molecule has 0 saturated heterocycles. The first-order valence-corrected chi connectivity index (χ1v) is 10.7. The van der Waals surface area contributed by atoms with Crippen LogP contribution in [0, 0.1) is 11.8 Å². The van der Waals surface area contributed by atoms with Crippen molar-refractivity contribution in [1.82, 2.24) is 0 Å². The maximum atomic E-state index is 13.2. The molecule has 0 aliphatic heterocycles. The van der Waals surface area contributed by atoms with Crippen LogP contribution in [0.4, 0.5) is 0 Å². The van der Waals surface area contributed by atoms with Gasteiger partial charge in [-0.2, -0.15) is 0 Å². The van der Waals surface area contributed by atoms with Gasteiger partial charge in [0.05, 0.1) is 11.8 Å². The molecule has 1 aliphatic rings. The van der Waals surface area contributed by atoms with E-state index in [1.165, 1.54) is 0 Å². The molecule has 1 aliphatic carbocycles. The molecule has 1 N–H and O–H groups in total. The van der Waals surface area contributed by atoms with Gasteiger partial charge in [0.15, 0.2) is 0 Å². The fourth-order valence-corrected chi connectivity index (χ4v) is 4.69. The fraction of sp³-hybridized carbons (Fsp3) is 0.385. The van der Waals surface area contributed by atoms with E-state index in [0.29, 0.717) is 18.6 Å². The van der Waals surface area contributed by atoms with Crippen molar-refractivity contribution in [3.8, 4) is 5.75 Å². The first-order chi connectivity index (χ1) is 14.3. The summed E-state index contributed by atoms with van der Waals surface area (Å²) in [5.41, 5.74) is 0.962. The summed E-state index contributed by atoms with van der Waals surface area (Å²) < 4.78 is 6.09. The van der Waals surface area contributed by atoms with Crippen LogP contribution in [0.5, 0.6) is 5.75 Å². The molecule has 2 atom stereocenters. The fourth-order valence-electron chi connectivity index (χ4n) is 4.69. The predicted octanol–water partition coefficient (Wildman–Crippen LogP) is 6.09. The van der Waals surface area contributed by atoms with E-state index in [-0.39, 0.29) is 5.41 Å². The highest BCUT2D eigenvalue weighted by molar-refractivity contribution is 6.08. The van der Waals surface area contributed by atoms with Crippen LogP contribution >= 0.6 is 0 Å². The van der Waals surface area contributed by atoms with Crippen LogP contribution in [0.2, 0.25) is 0 Å². The van der Waals surface area contributed by atoms with E-state index in [1.807, 2.05) is 36.4 Å². The van der Waals surface area contributed by atoms with Crippen molar-refractivity contribution in [2.45, 2.75) is 51.9 Å². The summed E-state index contributed by atoms with van der Waals surface area (Å²) in [6.45, 7) is 6.43. The molecule has 3 aromatic rings. The van der Waals surface area contributed by atoms with Gasteiger partial charge in [0.25, 0.3) is 0 Å². The molecule has 0 spiro atoms. The van der Waals surface area contributed by atoms with Gasteiger partial charge in [-0.1, -0.05) is 76.1 Å². The second-order valence-corrected chi connectivity index (χ2v) is 9.34. The molecule has 4 heteroatoms. The summed E-state index contributed by atoms with van der Waals surface area (Å²) >= 11 is 0. The number of aliphatic carboxylic acids is 1. The Bertz CT molecular complexity index is 1120. The monoisotopic (exact) mass is 404 g/mol. The topological polar surface area (TPSA) is 63.6 Å². The average Bonchev–Trinajstić information content (AvgIpc) is 2.72. The number of esters is 1. The van der Waals surface area contributed by atoms with E-state index >= 15 is 0 Å². The van der Waals surface area contributed by atoms with Gasteiger partial charge in [0.2, 0.25) is 0 Å². The van der Waals surface area contributed by atoms with E-state index in [0.717, 1.165) is 39.9 Å². The lowest BCUT2D eigenvalue weighted by Crippen LogP contribution is -2.35. The molecule has 0 bridgehead atoms. The first kappa shape index (κ1) is 20.4. The zero-order valence-corrected chi connectivity index (χ0v) is 17.8. The predicted molar refractivity (Wildman–Crippen MR) is 119 cm³/mol. The Morgan fingerprint density at radius 3 is 2.30 bits per heavy atom. The minimum Gasteiger partial charge on any atom is -0.481 e. The number of ether oxygens (including phenoxy) is 1. The summed E-state index contributed by atoms with van der Waals surface area (Å²) in [5, 5.41) is 13.4. The minimum atomic E-state index is -0.908. The summed E-state index contributed by atoms with van der Waals surface area (Å²) in [5.74, 6) is -2.06. The zero-order valence-electron chi connectivity index (χ0n) is 17.8. The van der Waals surface area contributed by atoms with Crippen LogP contribution < -0.4 is 4.74 Å². The number of hydrogen-bond donors (Lipinski definition) is 1. The van der Waals surface area contributed by atoms with Crippen LogP contribution in [0.3, 0.4) is 0 Å². The molecule has 4 rings (SSSR count). The normalized spacial score (nSPS) is 19.7. The molecule has 0 aromatic heterocycles. The van der Waals surface area contributed by atoms with Crippen LogP contribution in [0.1, 0.15) is 52.0 Å². The summed E-state index contributed by atoms with van der Waals surface area (Å²) in [4.78, 5) is 25.0. The second-order valence-electron chi connectivity index (χ2n) is 9.34. The van der Waals surface area contributed by atoms with E-state index in [9.17, 15) is 14.7 Å². The van der Waals surface area contributed by atoms with Gasteiger partial charge in [-0.25, -0.2) is 0 Å². The highest BCUT2D eigenvalue weighted by Gasteiger charge is 2.37. The van der Waals surface area contributed by atoms with E-state index in [1.54, 1.807) is 0 Å². The van der Waals surface area contributed by atoms with E-state index in [2.05, 4.69) is 32.9 Å². The van der Waals surface area contributed by atoms with Gasteiger partial charge in [-0.05, 0) is 40.7 Å². The van der Waals surface area contributed by atoms with E-state index in [4.69, 9.17) is 4.74 Å². The molecule has 2 unspecified atom stereocenters. The molecule has 0 heterocycles.